The van der Waals surface area contributed by atoms with Crippen LogP contribution in [0.25, 0.3) is 0 Å². The van der Waals surface area contributed by atoms with Gasteiger partial charge in [0.05, 0.1) is 21.6 Å². The lowest BCUT2D eigenvalue weighted by atomic mass is 10.3. The molecule has 0 atom stereocenters. The first-order valence-corrected chi connectivity index (χ1v) is 6.65. The molecule has 0 bridgehead atoms. The van der Waals surface area contributed by atoms with Crippen LogP contribution in [0.1, 0.15) is 23.8 Å². The summed E-state index contributed by atoms with van der Waals surface area (Å²) < 4.78 is 0. The lowest BCUT2D eigenvalue weighted by Gasteiger charge is -2.07. The molecule has 0 spiro atoms. The van der Waals surface area contributed by atoms with Crippen molar-refractivity contribution < 1.29 is 9.59 Å². The van der Waals surface area contributed by atoms with Crippen LogP contribution < -0.4 is 10.6 Å². The molecule has 8 heteroatoms. The number of amides is 2. The van der Waals surface area contributed by atoms with Crippen molar-refractivity contribution in [1.82, 2.24) is 15.6 Å². The molecule has 0 fully saturated rings. The molecule has 19 heavy (non-hydrogen) atoms. The van der Waals surface area contributed by atoms with E-state index in [1.54, 1.807) is 0 Å². The number of aromatic nitrogens is 1. The summed E-state index contributed by atoms with van der Waals surface area (Å²) in [6.45, 7) is 2.33. The maximum absolute atomic E-state index is 11.8. The van der Waals surface area contributed by atoms with Crippen LogP contribution in [-0.4, -0.2) is 29.9 Å². The third-order valence-corrected chi connectivity index (χ3v) is 3.35. The SMILES string of the molecule is CCCNC(=O)CNC(=O)c1ncc(Cl)c(Cl)c1Cl. The maximum atomic E-state index is 11.8. The van der Waals surface area contributed by atoms with Crippen LogP contribution in [0, 0.1) is 0 Å². The Morgan fingerprint density at radius 1 is 1.21 bits per heavy atom. The monoisotopic (exact) mass is 323 g/mol. The number of hydrogen-bond acceptors (Lipinski definition) is 3. The van der Waals surface area contributed by atoms with Crippen molar-refractivity contribution in [2.45, 2.75) is 13.3 Å². The number of carbonyl (C=O) groups excluding carboxylic acids is 2. The van der Waals surface area contributed by atoms with E-state index in [0.29, 0.717) is 6.54 Å². The first kappa shape index (κ1) is 16.0. The van der Waals surface area contributed by atoms with Gasteiger partial charge in [0, 0.05) is 12.7 Å². The molecule has 2 amide bonds. The summed E-state index contributed by atoms with van der Waals surface area (Å²) in [5.41, 5.74) is -0.0700. The van der Waals surface area contributed by atoms with E-state index < -0.39 is 5.91 Å². The highest BCUT2D eigenvalue weighted by Crippen LogP contribution is 2.30. The van der Waals surface area contributed by atoms with Crippen LogP contribution in [0.4, 0.5) is 0 Å². The van der Waals surface area contributed by atoms with Crippen LogP contribution in [0.3, 0.4) is 0 Å². The summed E-state index contributed by atoms with van der Waals surface area (Å²) >= 11 is 17.3. The molecule has 0 aliphatic carbocycles. The number of nitrogens with zero attached hydrogens (tertiary/aromatic N) is 1. The predicted octanol–water partition coefficient (Wildman–Crippen LogP) is 2.30. The zero-order valence-electron chi connectivity index (χ0n) is 10.1. The molecule has 1 aromatic rings. The van der Waals surface area contributed by atoms with Crippen LogP contribution in [0.2, 0.25) is 15.1 Å². The number of halogens is 3. The molecular formula is C11H12Cl3N3O2. The van der Waals surface area contributed by atoms with Gasteiger partial charge >= 0.3 is 0 Å². The van der Waals surface area contributed by atoms with Gasteiger partial charge in [-0.15, -0.1) is 0 Å². The first-order chi connectivity index (χ1) is 8.97. The minimum atomic E-state index is -0.588. The highest BCUT2D eigenvalue weighted by molar-refractivity contribution is 6.48. The van der Waals surface area contributed by atoms with E-state index in [-0.39, 0.29) is 33.2 Å². The van der Waals surface area contributed by atoms with E-state index in [1.165, 1.54) is 6.20 Å². The summed E-state index contributed by atoms with van der Waals surface area (Å²) in [6.07, 6.45) is 2.04. The fourth-order valence-corrected chi connectivity index (χ4v) is 1.74. The Balaban J connectivity index is 2.64. The van der Waals surface area contributed by atoms with Crippen LogP contribution in [0.15, 0.2) is 6.20 Å². The Labute approximate surface area is 125 Å². The number of nitrogens with one attached hydrogen (secondary N) is 2. The fourth-order valence-electron chi connectivity index (χ4n) is 1.17. The quantitative estimate of drug-likeness (QED) is 0.873. The van der Waals surface area contributed by atoms with Gasteiger partial charge in [0.2, 0.25) is 5.91 Å². The summed E-state index contributed by atoms with van der Waals surface area (Å²) in [4.78, 5) is 26.9. The topological polar surface area (TPSA) is 71.1 Å². The largest absolute Gasteiger partial charge is 0.355 e. The van der Waals surface area contributed by atoms with Crippen molar-refractivity contribution in [2.75, 3.05) is 13.1 Å². The molecule has 0 radical (unpaired) electrons. The average molecular weight is 325 g/mol. The molecule has 2 N–H and O–H groups in total. The zero-order chi connectivity index (χ0) is 14.4. The molecule has 0 aliphatic rings. The van der Waals surface area contributed by atoms with Crippen molar-refractivity contribution >= 4 is 46.6 Å². The van der Waals surface area contributed by atoms with Gasteiger partial charge in [-0.3, -0.25) is 9.59 Å². The van der Waals surface area contributed by atoms with Crippen molar-refractivity contribution in [1.29, 1.82) is 0 Å². The third kappa shape index (κ3) is 4.53. The molecular weight excluding hydrogens is 312 g/mol. The maximum Gasteiger partial charge on any atom is 0.271 e. The molecule has 1 aromatic heterocycles. The highest BCUT2D eigenvalue weighted by atomic mass is 35.5. The second-order valence-corrected chi connectivity index (χ2v) is 4.78. The van der Waals surface area contributed by atoms with Crippen LogP contribution in [0.5, 0.6) is 0 Å². The highest BCUT2D eigenvalue weighted by Gasteiger charge is 2.17. The van der Waals surface area contributed by atoms with E-state index >= 15 is 0 Å². The van der Waals surface area contributed by atoms with Crippen molar-refractivity contribution in [2.24, 2.45) is 0 Å². The van der Waals surface area contributed by atoms with Gasteiger partial charge in [-0.1, -0.05) is 41.7 Å². The molecule has 104 valence electrons. The Hall–Kier alpha value is -1.04. The Morgan fingerprint density at radius 3 is 2.53 bits per heavy atom. The lowest BCUT2D eigenvalue weighted by molar-refractivity contribution is -0.120. The van der Waals surface area contributed by atoms with E-state index in [1.807, 2.05) is 6.92 Å². The van der Waals surface area contributed by atoms with E-state index in [4.69, 9.17) is 34.8 Å². The Bertz CT molecular complexity index is 494. The van der Waals surface area contributed by atoms with Crippen LogP contribution >= 0.6 is 34.8 Å². The molecule has 0 saturated heterocycles. The van der Waals surface area contributed by atoms with Gasteiger partial charge in [0.25, 0.3) is 5.91 Å². The van der Waals surface area contributed by atoms with Crippen LogP contribution in [-0.2, 0) is 4.79 Å². The predicted molar refractivity (Wildman–Crippen MR) is 74.9 cm³/mol. The number of pyridine rings is 1. The standard InChI is InChI=1S/C11H12Cl3N3O2/c1-2-3-15-7(18)5-17-11(19)10-9(14)8(13)6(12)4-16-10/h4H,2-3,5H2,1H3,(H,15,18)(H,17,19). The fraction of sp³-hybridized carbons (Fsp3) is 0.364. The molecule has 0 aromatic carbocycles. The minimum Gasteiger partial charge on any atom is -0.355 e. The zero-order valence-corrected chi connectivity index (χ0v) is 12.4. The molecule has 0 aliphatic heterocycles. The third-order valence-electron chi connectivity index (χ3n) is 2.11. The normalized spacial score (nSPS) is 10.1. The molecule has 1 rings (SSSR count). The van der Waals surface area contributed by atoms with E-state index in [9.17, 15) is 9.59 Å². The lowest BCUT2D eigenvalue weighted by Crippen LogP contribution is -2.37. The second-order valence-electron chi connectivity index (χ2n) is 3.62. The molecule has 0 unspecified atom stereocenters. The number of carbonyl (C=O) groups is 2. The molecule has 1 heterocycles. The Kier molecular flexibility index (Phi) is 6.34. The number of hydrogen-bond donors (Lipinski definition) is 2. The molecule has 5 nitrogen and oxygen atoms in total. The first-order valence-electron chi connectivity index (χ1n) is 5.51. The van der Waals surface area contributed by atoms with Gasteiger partial charge in [-0.2, -0.15) is 0 Å². The minimum absolute atomic E-state index is 0.0411. The summed E-state index contributed by atoms with van der Waals surface area (Å²) in [5, 5.41) is 5.19. The van der Waals surface area contributed by atoms with E-state index in [2.05, 4.69) is 15.6 Å². The van der Waals surface area contributed by atoms with Gasteiger partial charge in [-0.25, -0.2) is 4.98 Å². The summed E-state index contributed by atoms with van der Waals surface area (Å²) in [5.74, 6) is -0.874. The average Bonchev–Trinajstić information content (AvgIpc) is 2.40. The second kappa shape index (κ2) is 7.53. The van der Waals surface area contributed by atoms with Crippen molar-refractivity contribution in [3.63, 3.8) is 0 Å². The van der Waals surface area contributed by atoms with Gasteiger partial charge in [0.1, 0.15) is 5.69 Å². The van der Waals surface area contributed by atoms with Gasteiger partial charge < -0.3 is 10.6 Å². The summed E-state index contributed by atoms with van der Waals surface area (Å²) in [6, 6.07) is 0. The smallest absolute Gasteiger partial charge is 0.271 e. The van der Waals surface area contributed by atoms with Gasteiger partial charge in [0.15, 0.2) is 0 Å². The van der Waals surface area contributed by atoms with E-state index in [0.717, 1.165) is 6.42 Å². The summed E-state index contributed by atoms with van der Waals surface area (Å²) in [7, 11) is 0. The Morgan fingerprint density at radius 2 is 1.89 bits per heavy atom. The number of rotatable bonds is 5. The van der Waals surface area contributed by atoms with Crippen molar-refractivity contribution in [3.8, 4) is 0 Å². The molecule has 0 saturated carbocycles. The van der Waals surface area contributed by atoms with Crippen molar-refractivity contribution in [3.05, 3.63) is 27.0 Å². The van der Waals surface area contributed by atoms with Gasteiger partial charge in [-0.05, 0) is 6.42 Å².